The number of carbonyl (C=O) groups excluding carboxylic acids is 4. The van der Waals surface area contributed by atoms with E-state index >= 15 is 0 Å². The lowest BCUT2D eigenvalue weighted by molar-refractivity contribution is -0.145. The molecule has 0 atom stereocenters. The second kappa shape index (κ2) is 7.58. The third-order valence-electron chi connectivity index (χ3n) is 3.77. The number of anilines is 1. The number of hydrogen-bond acceptors (Lipinski definition) is 5. The third kappa shape index (κ3) is 4.09. The Hall–Kier alpha value is -2.90. The van der Waals surface area contributed by atoms with Crippen molar-refractivity contribution in [2.24, 2.45) is 0 Å². The molecular weight excluding hydrogens is 314 g/mol. The van der Waals surface area contributed by atoms with Crippen LogP contribution in [-0.4, -0.2) is 66.8 Å². The molecule has 2 rings (SSSR count). The molecule has 24 heavy (non-hydrogen) atoms. The number of ether oxygens (including phenoxy) is 1. The highest BCUT2D eigenvalue weighted by Gasteiger charge is 2.26. The molecule has 0 bridgehead atoms. The average Bonchev–Trinajstić information content (AvgIpc) is 2.61. The van der Waals surface area contributed by atoms with Crippen LogP contribution in [0.15, 0.2) is 24.3 Å². The smallest absolute Gasteiger partial charge is 0.337 e. The highest BCUT2D eigenvalue weighted by Crippen LogP contribution is 2.11. The van der Waals surface area contributed by atoms with Crippen LogP contribution in [0.25, 0.3) is 0 Å². The van der Waals surface area contributed by atoms with Crippen molar-refractivity contribution in [2.75, 3.05) is 38.6 Å². The molecule has 1 fully saturated rings. The molecule has 0 spiro atoms. The zero-order valence-corrected chi connectivity index (χ0v) is 13.6. The van der Waals surface area contributed by atoms with E-state index < -0.39 is 17.8 Å². The summed E-state index contributed by atoms with van der Waals surface area (Å²) in [6.07, 6.45) is 0. The maximum atomic E-state index is 12.1. The molecule has 0 radical (unpaired) electrons. The van der Waals surface area contributed by atoms with Gasteiger partial charge in [0.1, 0.15) is 0 Å². The first-order chi connectivity index (χ1) is 11.4. The van der Waals surface area contributed by atoms with E-state index in [-0.39, 0.29) is 5.91 Å². The van der Waals surface area contributed by atoms with Crippen molar-refractivity contribution in [3.63, 3.8) is 0 Å². The fourth-order valence-corrected chi connectivity index (χ4v) is 2.36. The van der Waals surface area contributed by atoms with Crippen LogP contribution in [0.5, 0.6) is 0 Å². The molecule has 1 aromatic rings. The summed E-state index contributed by atoms with van der Waals surface area (Å²) in [6.45, 7) is 2.97. The molecule has 128 valence electrons. The van der Waals surface area contributed by atoms with Crippen molar-refractivity contribution < 1.29 is 23.9 Å². The minimum Gasteiger partial charge on any atom is -0.465 e. The van der Waals surface area contributed by atoms with Gasteiger partial charge in [0, 0.05) is 38.8 Å². The van der Waals surface area contributed by atoms with Gasteiger partial charge in [0.05, 0.1) is 12.7 Å². The Kier molecular flexibility index (Phi) is 5.51. The van der Waals surface area contributed by atoms with Gasteiger partial charge >= 0.3 is 17.8 Å². The van der Waals surface area contributed by atoms with Gasteiger partial charge in [-0.3, -0.25) is 14.4 Å². The number of amides is 3. The second-order valence-electron chi connectivity index (χ2n) is 5.32. The average molecular weight is 333 g/mol. The van der Waals surface area contributed by atoms with Gasteiger partial charge < -0.3 is 19.9 Å². The topological polar surface area (TPSA) is 96.0 Å². The van der Waals surface area contributed by atoms with E-state index in [0.717, 1.165) is 0 Å². The van der Waals surface area contributed by atoms with E-state index in [4.69, 9.17) is 0 Å². The Balaban J connectivity index is 1.91. The van der Waals surface area contributed by atoms with Gasteiger partial charge in [0.2, 0.25) is 5.91 Å². The van der Waals surface area contributed by atoms with Crippen LogP contribution < -0.4 is 5.32 Å². The summed E-state index contributed by atoms with van der Waals surface area (Å²) in [6, 6.07) is 6.03. The highest BCUT2D eigenvalue weighted by molar-refractivity contribution is 6.39. The number of piperazine rings is 1. The van der Waals surface area contributed by atoms with Crippen LogP contribution >= 0.6 is 0 Å². The van der Waals surface area contributed by atoms with Gasteiger partial charge in [-0.1, -0.05) is 0 Å². The Labute approximate surface area is 139 Å². The lowest BCUT2D eigenvalue weighted by Gasteiger charge is -2.33. The molecule has 8 heteroatoms. The molecule has 0 aliphatic carbocycles. The summed E-state index contributed by atoms with van der Waals surface area (Å²) in [5.74, 6) is -1.92. The number of benzene rings is 1. The van der Waals surface area contributed by atoms with Gasteiger partial charge in [-0.05, 0) is 24.3 Å². The number of methoxy groups -OCH3 is 1. The highest BCUT2D eigenvalue weighted by atomic mass is 16.5. The monoisotopic (exact) mass is 333 g/mol. The second-order valence-corrected chi connectivity index (χ2v) is 5.32. The molecule has 1 heterocycles. The van der Waals surface area contributed by atoms with E-state index in [0.29, 0.717) is 37.4 Å². The Morgan fingerprint density at radius 2 is 1.50 bits per heavy atom. The first-order valence-corrected chi connectivity index (χ1v) is 7.46. The number of nitrogens with one attached hydrogen (secondary N) is 1. The minimum atomic E-state index is -0.753. The van der Waals surface area contributed by atoms with E-state index in [9.17, 15) is 19.2 Å². The zero-order chi connectivity index (χ0) is 17.7. The molecule has 1 aliphatic heterocycles. The van der Waals surface area contributed by atoms with Gasteiger partial charge in [-0.25, -0.2) is 4.79 Å². The molecular formula is C16H19N3O5. The van der Waals surface area contributed by atoms with Crippen LogP contribution in [0.2, 0.25) is 0 Å². The lowest BCUT2D eigenvalue weighted by atomic mass is 10.2. The Bertz CT molecular complexity index is 648. The van der Waals surface area contributed by atoms with Gasteiger partial charge in [-0.2, -0.15) is 0 Å². The number of carbonyl (C=O) groups is 4. The quantitative estimate of drug-likeness (QED) is 0.612. The van der Waals surface area contributed by atoms with E-state index in [2.05, 4.69) is 10.1 Å². The van der Waals surface area contributed by atoms with Crippen molar-refractivity contribution >= 4 is 29.4 Å². The Morgan fingerprint density at radius 3 is 2.00 bits per heavy atom. The van der Waals surface area contributed by atoms with Crippen LogP contribution in [0.1, 0.15) is 17.3 Å². The standard InChI is InChI=1S/C16H19N3O5/c1-11(20)18-7-9-19(10-8-18)15(22)14(21)17-13-5-3-12(4-6-13)16(23)24-2/h3-6H,7-10H2,1-2H3,(H,17,21). The van der Waals surface area contributed by atoms with Gasteiger partial charge in [0.25, 0.3) is 0 Å². The number of esters is 1. The van der Waals surface area contributed by atoms with Crippen LogP contribution in [-0.2, 0) is 19.1 Å². The normalized spacial score (nSPS) is 14.1. The van der Waals surface area contributed by atoms with Crippen molar-refractivity contribution in [1.82, 2.24) is 9.80 Å². The molecule has 8 nitrogen and oxygen atoms in total. The molecule has 1 saturated heterocycles. The summed E-state index contributed by atoms with van der Waals surface area (Å²) in [5, 5.41) is 2.49. The maximum Gasteiger partial charge on any atom is 0.337 e. The SMILES string of the molecule is COC(=O)c1ccc(NC(=O)C(=O)N2CCN(C(C)=O)CC2)cc1. The largest absolute Gasteiger partial charge is 0.465 e. The predicted octanol–water partition coefficient (Wildman–Crippen LogP) is 0.102. The van der Waals surface area contributed by atoms with Gasteiger partial charge in [-0.15, -0.1) is 0 Å². The van der Waals surface area contributed by atoms with Crippen molar-refractivity contribution in [3.05, 3.63) is 29.8 Å². The molecule has 1 aliphatic rings. The summed E-state index contributed by atoms with van der Waals surface area (Å²) >= 11 is 0. The summed E-state index contributed by atoms with van der Waals surface area (Å²) in [5.41, 5.74) is 0.755. The van der Waals surface area contributed by atoms with Crippen LogP contribution in [0, 0.1) is 0 Å². The summed E-state index contributed by atoms with van der Waals surface area (Å²) < 4.78 is 4.59. The zero-order valence-electron chi connectivity index (χ0n) is 13.6. The summed E-state index contributed by atoms with van der Waals surface area (Å²) in [4.78, 5) is 49.8. The molecule has 1 N–H and O–H groups in total. The fraction of sp³-hybridized carbons (Fsp3) is 0.375. The van der Waals surface area contributed by atoms with Gasteiger partial charge in [0.15, 0.2) is 0 Å². The molecule has 0 aromatic heterocycles. The maximum absolute atomic E-state index is 12.1. The molecule has 1 aromatic carbocycles. The number of hydrogen-bond donors (Lipinski definition) is 1. The first kappa shape index (κ1) is 17.5. The first-order valence-electron chi connectivity index (χ1n) is 7.46. The predicted molar refractivity (Wildman–Crippen MR) is 85.2 cm³/mol. The molecule has 0 unspecified atom stereocenters. The van der Waals surface area contributed by atoms with Crippen molar-refractivity contribution in [2.45, 2.75) is 6.92 Å². The molecule has 0 saturated carbocycles. The Morgan fingerprint density at radius 1 is 0.958 bits per heavy atom. The van der Waals surface area contributed by atoms with Crippen LogP contribution in [0.4, 0.5) is 5.69 Å². The minimum absolute atomic E-state index is 0.0442. The van der Waals surface area contributed by atoms with E-state index in [1.54, 1.807) is 4.90 Å². The van der Waals surface area contributed by atoms with Crippen LogP contribution in [0.3, 0.4) is 0 Å². The summed E-state index contributed by atoms with van der Waals surface area (Å²) in [7, 11) is 1.28. The third-order valence-corrected chi connectivity index (χ3v) is 3.77. The fourth-order valence-electron chi connectivity index (χ4n) is 2.36. The van der Waals surface area contributed by atoms with Crippen molar-refractivity contribution in [3.8, 4) is 0 Å². The van der Waals surface area contributed by atoms with E-state index in [1.165, 1.54) is 43.2 Å². The van der Waals surface area contributed by atoms with Crippen molar-refractivity contribution in [1.29, 1.82) is 0 Å². The number of nitrogens with zero attached hydrogens (tertiary/aromatic N) is 2. The lowest BCUT2D eigenvalue weighted by Crippen LogP contribution is -2.52. The van der Waals surface area contributed by atoms with E-state index in [1.807, 2.05) is 0 Å². The molecule has 3 amide bonds. The number of rotatable bonds is 2.